The minimum Gasteiger partial charge on any atom is -0.463 e. The van der Waals surface area contributed by atoms with Crippen LogP contribution in [0.25, 0.3) is 0 Å². The monoisotopic (exact) mass is 174 g/mol. The summed E-state index contributed by atoms with van der Waals surface area (Å²) in [5.74, 6) is -0.894. The van der Waals surface area contributed by atoms with E-state index >= 15 is 0 Å². The Kier molecular flexibility index (Phi) is 5.08. The Morgan fingerprint density at radius 2 is 1.92 bits per heavy atom. The number of hydrogen-bond donors (Lipinski definition) is 0. The fourth-order valence-electron chi connectivity index (χ4n) is 0.588. The largest absolute Gasteiger partial charge is 0.463 e. The molecule has 0 N–H and O–H groups in total. The van der Waals surface area contributed by atoms with Crippen LogP contribution in [0.2, 0.25) is 0 Å². The Morgan fingerprint density at radius 3 is 2.33 bits per heavy atom. The van der Waals surface area contributed by atoms with E-state index in [-0.39, 0.29) is 6.42 Å². The molecular weight excluding hydrogens is 160 g/mol. The summed E-state index contributed by atoms with van der Waals surface area (Å²) in [5.41, 5.74) is 0. The smallest absolute Gasteiger partial charge is 0.347 e. The lowest BCUT2D eigenvalue weighted by molar-refractivity contribution is -0.166. The van der Waals surface area contributed by atoms with Crippen LogP contribution in [-0.2, 0) is 19.1 Å². The average molecular weight is 174 g/mol. The highest BCUT2D eigenvalue weighted by molar-refractivity contribution is 5.78. The standard InChI is InChI=1S/C8H14O4/c1-4-7(9)12-6(3)8(10)11-5-2/h6H,4-5H2,1-3H3/t6-/m1/s1. The highest BCUT2D eigenvalue weighted by Gasteiger charge is 2.17. The predicted octanol–water partition coefficient (Wildman–Crippen LogP) is 0.891. The molecule has 0 saturated heterocycles. The molecule has 0 amide bonds. The Bertz CT molecular complexity index is 164. The Labute approximate surface area is 71.8 Å². The van der Waals surface area contributed by atoms with Crippen molar-refractivity contribution >= 4 is 11.9 Å². The molecule has 0 fully saturated rings. The van der Waals surface area contributed by atoms with Crippen molar-refractivity contribution < 1.29 is 19.1 Å². The molecule has 4 nitrogen and oxygen atoms in total. The van der Waals surface area contributed by atoms with E-state index in [1.54, 1.807) is 13.8 Å². The van der Waals surface area contributed by atoms with E-state index in [1.165, 1.54) is 6.92 Å². The first-order valence-corrected chi connectivity index (χ1v) is 3.97. The summed E-state index contributed by atoms with van der Waals surface area (Å²) >= 11 is 0. The first-order chi connectivity index (χ1) is 5.61. The summed E-state index contributed by atoms with van der Waals surface area (Å²) in [6.07, 6.45) is -0.526. The van der Waals surface area contributed by atoms with Gasteiger partial charge in [-0.1, -0.05) is 6.92 Å². The maximum Gasteiger partial charge on any atom is 0.347 e. The van der Waals surface area contributed by atoms with E-state index in [1.807, 2.05) is 0 Å². The van der Waals surface area contributed by atoms with Gasteiger partial charge in [-0.2, -0.15) is 0 Å². The van der Waals surface area contributed by atoms with Gasteiger partial charge >= 0.3 is 11.9 Å². The lowest BCUT2D eigenvalue weighted by Gasteiger charge is -2.10. The third-order valence-electron chi connectivity index (χ3n) is 1.22. The van der Waals surface area contributed by atoms with Crippen molar-refractivity contribution in [2.24, 2.45) is 0 Å². The van der Waals surface area contributed by atoms with E-state index in [2.05, 4.69) is 4.74 Å². The van der Waals surface area contributed by atoms with Crippen LogP contribution >= 0.6 is 0 Å². The maximum atomic E-state index is 10.9. The molecular formula is C8H14O4. The van der Waals surface area contributed by atoms with Gasteiger partial charge in [0.05, 0.1) is 6.61 Å². The number of ether oxygens (including phenoxy) is 2. The summed E-state index contributed by atoms with van der Waals surface area (Å²) < 4.78 is 9.33. The second-order valence-corrected chi connectivity index (χ2v) is 2.24. The molecule has 1 atom stereocenters. The molecule has 12 heavy (non-hydrogen) atoms. The molecule has 0 radical (unpaired) electrons. The molecule has 0 aromatic rings. The van der Waals surface area contributed by atoms with Gasteiger partial charge in [0.25, 0.3) is 0 Å². The molecule has 4 heteroatoms. The van der Waals surface area contributed by atoms with Gasteiger partial charge < -0.3 is 9.47 Å². The summed E-state index contributed by atoms with van der Waals surface area (Å²) in [4.78, 5) is 21.6. The Morgan fingerprint density at radius 1 is 1.33 bits per heavy atom. The van der Waals surface area contributed by atoms with Crippen LogP contribution < -0.4 is 0 Å². The zero-order chi connectivity index (χ0) is 9.56. The Balaban J connectivity index is 3.78. The van der Waals surface area contributed by atoms with Crippen molar-refractivity contribution in [3.8, 4) is 0 Å². The van der Waals surface area contributed by atoms with Gasteiger partial charge in [0.15, 0.2) is 6.10 Å². The average Bonchev–Trinajstić information content (AvgIpc) is 2.04. The third kappa shape index (κ3) is 3.95. The summed E-state index contributed by atoms with van der Waals surface area (Å²) in [7, 11) is 0. The number of hydrogen-bond acceptors (Lipinski definition) is 4. The Hall–Kier alpha value is -1.06. The van der Waals surface area contributed by atoms with E-state index < -0.39 is 18.0 Å². The molecule has 0 aromatic carbocycles. The minimum atomic E-state index is -0.794. The zero-order valence-electron chi connectivity index (χ0n) is 7.62. The first kappa shape index (κ1) is 10.9. The highest BCUT2D eigenvalue weighted by Crippen LogP contribution is 1.96. The molecule has 0 aliphatic heterocycles. The molecule has 0 saturated carbocycles. The van der Waals surface area contributed by atoms with Gasteiger partial charge in [-0.3, -0.25) is 4.79 Å². The first-order valence-electron chi connectivity index (χ1n) is 3.97. The number of carbonyl (C=O) groups excluding carboxylic acids is 2. The molecule has 70 valence electrons. The predicted molar refractivity (Wildman–Crippen MR) is 42.5 cm³/mol. The topological polar surface area (TPSA) is 52.6 Å². The highest BCUT2D eigenvalue weighted by atomic mass is 16.6. The van der Waals surface area contributed by atoms with Crippen LogP contribution in [0.5, 0.6) is 0 Å². The van der Waals surface area contributed by atoms with Crippen molar-refractivity contribution in [3.05, 3.63) is 0 Å². The van der Waals surface area contributed by atoms with Gasteiger partial charge in [0.1, 0.15) is 0 Å². The second-order valence-electron chi connectivity index (χ2n) is 2.24. The second kappa shape index (κ2) is 5.57. The number of rotatable bonds is 4. The maximum absolute atomic E-state index is 10.9. The quantitative estimate of drug-likeness (QED) is 0.594. The molecule has 0 spiro atoms. The van der Waals surface area contributed by atoms with Crippen molar-refractivity contribution in [2.45, 2.75) is 33.3 Å². The van der Waals surface area contributed by atoms with E-state index in [9.17, 15) is 9.59 Å². The summed E-state index contributed by atoms with van der Waals surface area (Å²) in [6, 6.07) is 0. The van der Waals surface area contributed by atoms with Crippen molar-refractivity contribution in [1.29, 1.82) is 0 Å². The van der Waals surface area contributed by atoms with Crippen LogP contribution in [0.3, 0.4) is 0 Å². The van der Waals surface area contributed by atoms with Crippen molar-refractivity contribution in [2.75, 3.05) is 6.61 Å². The van der Waals surface area contributed by atoms with Crippen LogP contribution in [0.15, 0.2) is 0 Å². The fourth-order valence-corrected chi connectivity index (χ4v) is 0.588. The van der Waals surface area contributed by atoms with Gasteiger partial charge in [-0.25, -0.2) is 4.79 Å². The van der Waals surface area contributed by atoms with Crippen LogP contribution in [0.1, 0.15) is 27.2 Å². The van der Waals surface area contributed by atoms with Gasteiger partial charge in [-0.05, 0) is 13.8 Å². The third-order valence-corrected chi connectivity index (χ3v) is 1.22. The molecule has 0 unspecified atom stereocenters. The fraction of sp³-hybridized carbons (Fsp3) is 0.750. The molecule has 0 rings (SSSR count). The lowest BCUT2D eigenvalue weighted by atomic mass is 10.4. The van der Waals surface area contributed by atoms with Gasteiger partial charge in [-0.15, -0.1) is 0 Å². The zero-order valence-corrected chi connectivity index (χ0v) is 7.62. The minimum absolute atomic E-state index is 0.268. The van der Waals surface area contributed by atoms with E-state index in [0.29, 0.717) is 6.61 Å². The molecule has 0 aromatic heterocycles. The van der Waals surface area contributed by atoms with Crippen molar-refractivity contribution in [1.82, 2.24) is 0 Å². The molecule has 0 aliphatic rings. The van der Waals surface area contributed by atoms with E-state index in [4.69, 9.17) is 4.74 Å². The molecule has 0 bridgehead atoms. The summed E-state index contributed by atoms with van der Waals surface area (Å²) in [6.45, 7) is 5.16. The lowest BCUT2D eigenvalue weighted by Crippen LogP contribution is -2.25. The van der Waals surface area contributed by atoms with Crippen LogP contribution in [0.4, 0.5) is 0 Å². The molecule has 0 heterocycles. The SMILES string of the molecule is CCOC(=O)[C@@H](C)OC(=O)CC. The van der Waals surface area contributed by atoms with Crippen molar-refractivity contribution in [3.63, 3.8) is 0 Å². The van der Waals surface area contributed by atoms with Crippen LogP contribution in [-0.4, -0.2) is 24.6 Å². The number of esters is 2. The normalized spacial score (nSPS) is 11.9. The van der Waals surface area contributed by atoms with E-state index in [0.717, 1.165) is 0 Å². The number of carbonyl (C=O) groups is 2. The van der Waals surface area contributed by atoms with Gasteiger partial charge in [0, 0.05) is 6.42 Å². The summed E-state index contributed by atoms with van der Waals surface area (Å²) in [5, 5.41) is 0. The van der Waals surface area contributed by atoms with Gasteiger partial charge in [0.2, 0.25) is 0 Å². The molecule has 0 aliphatic carbocycles. The van der Waals surface area contributed by atoms with Crippen LogP contribution in [0, 0.1) is 0 Å².